The van der Waals surface area contributed by atoms with E-state index in [0.717, 1.165) is 17.5 Å². The minimum atomic E-state index is -0.341. The third-order valence-electron chi connectivity index (χ3n) is 3.13. The van der Waals surface area contributed by atoms with Crippen LogP contribution in [-0.4, -0.2) is 14.5 Å². The van der Waals surface area contributed by atoms with Gasteiger partial charge in [0.25, 0.3) is 0 Å². The zero-order chi connectivity index (χ0) is 13.2. The number of nitrogen functional groups attached to an aromatic ring is 1. The molecule has 3 aromatic rings. The van der Waals surface area contributed by atoms with Crippen molar-refractivity contribution in [3.05, 3.63) is 54.1 Å². The van der Waals surface area contributed by atoms with Crippen LogP contribution in [0.4, 0.5) is 10.3 Å². The third kappa shape index (κ3) is 2.14. The number of imidazole rings is 1. The Bertz CT molecular complexity index is 706. The van der Waals surface area contributed by atoms with Crippen LogP contribution in [0.5, 0.6) is 0 Å². The number of halogens is 1. The van der Waals surface area contributed by atoms with Gasteiger partial charge < -0.3 is 10.3 Å². The van der Waals surface area contributed by atoms with Crippen molar-refractivity contribution in [2.24, 2.45) is 0 Å². The summed E-state index contributed by atoms with van der Waals surface area (Å²) in [6.07, 6.45) is 4.31. The molecule has 0 spiro atoms. The first-order valence-corrected chi connectivity index (χ1v) is 6.05. The molecule has 0 saturated heterocycles. The normalized spacial score (nSPS) is 11.0. The summed E-state index contributed by atoms with van der Waals surface area (Å²) >= 11 is 0. The van der Waals surface area contributed by atoms with Crippen LogP contribution in [0.1, 0.15) is 5.56 Å². The third-order valence-corrected chi connectivity index (χ3v) is 3.13. The van der Waals surface area contributed by atoms with Gasteiger partial charge in [-0.05, 0) is 36.2 Å². The van der Waals surface area contributed by atoms with Gasteiger partial charge in [0.1, 0.15) is 5.52 Å². The highest BCUT2D eigenvalue weighted by Gasteiger charge is 2.11. The number of fused-ring (bicyclic) bond motifs is 1. The highest BCUT2D eigenvalue weighted by Crippen LogP contribution is 2.20. The molecule has 0 unspecified atom stereocenters. The molecule has 0 saturated carbocycles. The highest BCUT2D eigenvalue weighted by atomic mass is 19.1. The van der Waals surface area contributed by atoms with Gasteiger partial charge in [-0.1, -0.05) is 6.07 Å². The van der Waals surface area contributed by atoms with Gasteiger partial charge in [0.2, 0.25) is 5.95 Å². The molecule has 0 radical (unpaired) electrons. The molecule has 2 N–H and O–H groups in total. The number of para-hydroxylation sites is 1. The van der Waals surface area contributed by atoms with E-state index in [1.165, 1.54) is 6.07 Å². The first-order chi connectivity index (χ1) is 9.25. The summed E-state index contributed by atoms with van der Waals surface area (Å²) in [4.78, 5) is 8.05. The van der Waals surface area contributed by atoms with Crippen molar-refractivity contribution in [2.45, 2.75) is 13.0 Å². The number of hydrogen-bond donors (Lipinski definition) is 1. The molecule has 0 atom stereocenters. The molecule has 4 nitrogen and oxygen atoms in total. The number of pyridine rings is 1. The van der Waals surface area contributed by atoms with Crippen molar-refractivity contribution in [2.75, 3.05) is 5.73 Å². The molecule has 5 heteroatoms. The minimum Gasteiger partial charge on any atom is -0.369 e. The molecule has 2 heterocycles. The average Bonchev–Trinajstić information content (AvgIpc) is 2.75. The van der Waals surface area contributed by atoms with E-state index in [4.69, 9.17) is 5.73 Å². The van der Waals surface area contributed by atoms with Gasteiger partial charge in [-0.2, -0.15) is 0 Å². The number of anilines is 1. The van der Waals surface area contributed by atoms with Gasteiger partial charge in [0.05, 0.1) is 5.52 Å². The molecular formula is C14H13FN4. The Morgan fingerprint density at radius 2 is 1.95 bits per heavy atom. The van der Waals surface area contributed by atoms with Crippen molar-refractivity contribution in [3.8, 4) is 0 Å². The fourth-order valence-electron chi connectivity index (χ4n) is 2.16. The van der Waals surface area contributed by atoms with Gasteiger partial charge in [-0.25, -0.2) is 9.37 Å². The molecular weight excluding hydrogens is 243 g/mol. The van der Waals surface area contributed by atoms with Crippen molar-refractivity contribution < 1.29 is 4.39 Å². The zero-order valence-corrected chi connectivity index (χ0v) is 10.3. The molecule has 0 aliphatic heterocycles. The van der Waals surface area contributed by atoms with Gasteiger partial charge in [-0.3, -0.25) is 4.98 Å². The number of hydrogen-bond acceptors (Lipinski definition) is 3. The largest absolute Gasteiger partial charge is 0.369 e. The van der Waals surface area contributed by atoms with Gasteiger partial charge in [0.15, 0.2) is 5.82 Å². The Labute approximate surface area is 109 Å². The second-order valence-electron chi connectivity index (χ2n) is 4.33. The van der Waals surface area contributed by atoms with E-state index in [9.17, 15) is 4.39 Å². The highest BCUT2D eigenvalue weighted by molar-refractivity contribution is 5.78. The number of aromatic nitrogens is 3. The molecule has 0 aliphatic rings. The Morgan fingerprint density at radius 1 is 1.16 bits per heavy atom. The fraction of sp³-hybridized carbons (Fsp3) is 0.143. The first kappa shape index (κ1) is 11.6. The van der Waals surface area contributed by atoms with E-state index < -0.39 is 0 Å². The van der Waals surface area contributed by atoms with Crippen molar-refractivity contribution >= 4 is 17.0 Å². The summed E-state index contributed by atoms with van der Waals surface area (Å²) in [5.74, 6) is 0.000942. The Morgan fingerprint density at radius 3 is 2.74 bits per heavy atom. The molecule has 0 fully saturated rings. The SMILES string of the molecule is Nc1nc2c(F)cccc2n1CCc1ccncc1. The van der Waals surface area contributed by atoms with Crippen LogP contribution < -0.4 is 5.73 Å². The van der Waals surface area contributed by atoms with Crippen LogP contribution in [-0.2, 0) is 13.0 Å². The molecule has 19 heavy (non-hydrogen) atoms. The molecule has 2 aromatic heterocycles. The van der Waals surface area contributed by atoms with E-state index in [0.29, 0.717) is 18.0 Å². The summed E-state index contributed by atoms with van der Waals surface area (Å²) in [5.41, 5.74) is 8.08. The maximum Gasteiger partial charge on any atom is 0.201 e. The Kier molecular flexibility index (Phi) is 2.87. The van der Waals surface area contributed by atoms with Crippen molar-refractivity contribution in [1.29, 1.82) is 0 Å². The smallest absolute Gasteiger partial charge is 0.201 e. The Balaban J connectivity index is 1.93. The molecule has 0 aliphatic carbocycles. The first-order valence-electron chi connectivity index (χ1n) is 6.05. The van der Waals surface area contributed by atoms with Crippen molar-refractivity contribution in [3.63, 3.8) is 0 Å². The monoisotopic (exact) mass is 256 g/mol. The number of aryl methyl sites for hydroxylation is 2. The van der Waals surface area contributed by atoms with Gasteiger partial charge in [0, 0.05) is 18.9 Å². The topological polar surface area (TPSA) is 56.7 Å². The lowest BCUT2D eigenvalue weighted by atomic mass is 10.2. The van der Waals surface area contributed by atoms with Crippen molar-refractivity contribution in [1.82, 2.24) is 14.5 Å². The van der Waals surface area contributed by atoms with Crippen LogP contribution >= 0.6 is 0 Å². The summed E-state index contributed by atoms with van der Waals surface area (Å²) in [5, 5.41) is 0. The predicted octanol–water partition coefficient (Wildman–Crippen LogP) is 2.40. The fourth-order valence-corrected chi connectivity index (χ4v) is 2.16. The van der Waals surface area contributed by atoms with Crippen LogP contribution in [0, 0.1) is 5.82 Å². The van der Waals surface area contributed by atoms with E-state index >= 15 is 0 Å². The quantitative estimate of drug-likeness (QED) is 0.782. The molecule has 0 bridgehead atoms. The summed E-state index contributed by atoms with van der Waals surface area (Å²) in [7, 11) is 0. The maximum absolute atomic E-state index is 13.6. The van der Waals surface area contributed by atoms with E-state index in [2.05, 4.69) is 9.97 Å². The van der Waals surface area contributed by atoms with Crippen LogP contribution in [0.15, 0.2) is 42.7 Å². The van der Waals surface area contributed by atoms with E-state index in [1.54, 1.807) is 18.5 Å². The Hall–Kier alpha value is -2.43. The van der Waals surface area contributed by atoms with Crippen LogP contribution in [0.25, 0.3) is 11.0 Å². The zero-order valence-electron chi connectivity index (χ0n) is 10.3. The lowest BCUT2D eigenvalue weighted by molar-refractivity contribution is 0.637. The summed E-state index contributed by atoms with van der Waals surface area (Å²) < 4.78 is 15.4. The second kappa shape index (κ2) is 4.68. The van der Waals surface area contributed by atoms with Gasteiger partial charge in [-0.15, -0.1) is 0 Å². The number of rotatable bonds is 3. The van der Waals surface area contributed by atoms with E-state index in [-0.39, 0.29) is 5.82 Å². The summed E-state index contributed by atoms with van der Waals surface area (Å²) in [6.45, 7) is 0.663. The summed E-state index contributed by atoms with van der Waals surface area (Å²) in [6, 6.07) is 8.80. The maximum atomic E-state index is 13.6. The van der Waals surface area contributed by atoms with Crippen LogP contribution in [0.2, 0.25) is 0 Å². The predicted molar refractivity (Wildman–Crippen MR) is 72.0 cm³/mol. The number of nitrogens with zero attached hydrogens (tertiary/aromatic N) is 3. The average molecular weight is 256 g/mol. The number of nitrogens with two attached hydrogens (primary N) is 1. The molecule has 0 amide bonds. The lowest BCUT2D eigenvalue weighted by Gasteiger charge is -2.06. The van der Waals surface area contributed by atoms with E-state index in [1.807, 2.05) is 22.8 Å². The number of benzene rings is 1. The molecule has 96 valence electrons. The standard InChI is InChI=1S/C14H13FN4/c15-11-2-1-3-12-13(11)18-14(16)19(12)9-6-10-4-7-17-8-5-10/h1-5,7-8H,6,9H2,(H2,16,18). The molecule has 1 aromatic carbocycles. The minimum absolute atomic E-state index is 0.328. The van der Waals surface area contributed by atoms with Crippen LogP contribution in [0.3, 0.4) is 0 Å². The lowest BCUT2D eigenvalue weighted by Crippen LogP contribution is -2.05. The van der Waals surface area contributed by atoms with Gasteiger partial charge >= 0.3 is 0 Å². The molecule has 3 rings (SSSR count). The second-order valence-corrected chi connectivity index (χ2v) is 4.33.